The van der Waals surface area contributed by atoms with Gasteiger partial charge in [-0.1, -0.05) is 260 Å². The molecule has 86 heavy (non-hydrogen) atoms. The molecular formula is C76H120NO8P. The number of allylic oxidation sites excluding steroid dienone is 32. The molecule has 2 atom stereocenters. The van der Waals surface area contributed by atoms with Gasteiger partial charge in [0.25, 0.3) is 7.82 Å². The fourth-order valence-corrected chi connectivity index (χ4v) is 8.83. The van der Waals surface area contributed by atoms with Crippen molar-refractivity contribution < 1.29 is 42.1 Å². The summed E-state index contributed by atoms with van der Waals surface area (Å²) in [7, 11) is 1.11. The van der Waals surface area contributed by atoms with Crippen molar-refractivity contribution in [2.24, 2.45) is 0 Å². The van der Waals surface area contributed by atoms with Crippen molar-refractivity contribution in [3.8, 4) is 0 Å². The van der Waals surface area contributed by atoms with Crippen molar-refractivity contribution in [3.05, 3.63) is 194 Å². The number of phosphoric ester groups is 1. The van der Waals surface area contributed by atoms with E-state index in [1.54, 1.807) is 0 Å². The van der Waals surface area contributed by atoms with Gasteiger partial charge >= 0.3 is 11.9 Å². The van der Waals surface area contributed by atoms with Crippen LogP contribution in [0.5, 0.6) is 0 Å². The molecule has 0 bridgehead atoms. The van der Waals surface area contributed by atoms with E-state index < -0.39 is 32.5 Å². The van der Waals surface area contributed by atoms with Gasteiger partial charge in [0.05, 0.1) is 27.7 Å². The molecule has 10 heteroatoms. The van der Waals surface area contributed by atoms with Gasteiger partial charge in [-0.15, -0.1) is 0 Å². The largest absolute Gasteiger partial charge is 0.756 e. The van der Waals surface area contributed by atoms with E-state index in [1.807, 2.05) is 21.1 Å². The molecule has 0 aliphatic rings. The predicted octanol–water partition coefficient (Wildman–Crippen LogP) is 21.1. The zero-order valence-electron chi connectivity index (χ0n) is 54.7. The molecule has 0 aliphatic carbocycles. The van der Waals surface area contributed by atoms with Crippen LogP contribution in [-0.4, -0.2) is 70.0 Å². The van der Waals surface area contributed by atoms with Crippen molar-refractivity contribution in [1.82, 2.24) is 0 Å². The molecule has 0 rings (SSSR count). The van der Waals surface area contributed by atoms with Gasteiger partial charge in [0.2, 0.25) is 0 Å². The third-order valence-electron chi connectivity index (χ3n) is 13.1. The van der Waals surface area contributed by atoms with E-state index in [0.29, 0.717) is 23.9 Å². The number of likely N-dealkylation sites (N-methyl/N-ethyl adjacent to an activating group) is 1. The van der Waals surface area contributed by atoms with E-state index in [1.165, 1.54) is 25.7 Å². The van der Waals surface area contributed by atoms with Gasteiger partial charge in [-0.3, -0.25) is 14.2 Å². The summed E-state index contributed by atoms with van der Waals surface area (Å²) in [6.07, 6.45) is 101. The molecule has 0 heterocycles. The normalized spacial score (nSPS) is 14.4. The maximum atomic E-state index is 12.8. The first kappa shape index (κ1) is 80.8. The number of esters is 2. The second-order valence-corrected chi connectivity index (χ2v) is 23.8. The lowest BCUT2D eigenvalue weighted by Gasteiger charge is -2.28. The van der Waals surface area contributed by atoms with Gasteiger partial charge in [0.1, 0.15) is 19.8 Å². The van der Waals surface area contributed by atoms with Gasteiger partial charge in [-0.25, -0.2) is 0 Å². The predicted molar refractivity (Wildman–Crippen MR) is 369 cm³/mol. The highest BCUT2D eigenvalue weighted by Gasteiger charge is 2.22. The summed E-state index contributed by atoms with van der Waals surface area (Å²) < 4.78 is 34.2. The Hall–Kier alpha value is -5.15. The van der Waals surface area contributed by atoms with Crippen molar-refractivity contribution in [1.29, 1.82) is 0 Å². The molecule has 0 aromatic carbocycles. The summed E-state index contributed by atoms with van der Waals surface area (Å²) >= 11 is 0. The number of hydrogen-bond donors (Lipinski definition) is 0. The average molecular weight is 1210 g/mol. The van der Waals surface area contributed by atoms with E-state index in [4.69, 9.17) is 18.5 Å². The summed E-state index contributed by atoms with van der Waals surface area (Å²) in [6.45, 7) is 3.94. The van der Waals surface area contributed by atoms with Crippen LogP contribution in [0.15, 0.2) is 194 Å². The number of rotatable bonds is 58. The van der Waals surface area contributed by atoms with E-state index in [2.05, 4.69) is 208 Å². The standard InChI is InChI=1S/C76H120NO8P/c1-6-8-10-12-14-16-18-20-22-24-26-28-29-30-31-32-33-34-35-36-37-38-39-40-41-42-43-44-45-46-47-49-51-53-55-57-59-61-63-65-67-69-76(79)85-74(73-84-86(80,81)83-71-70-77(3,4)5)72-82-75(78)68-66-64-62-60-58-56-54-52-50-48-27-25-23-21-19-17-15-13-11-9-7-2/h8-11,14-17,20-23,26-28,30-31,33-34,36-37,39-40,42-43,45-46,48-49,51,55,57,74H,6-7,12-13,18-19,24-25,29,32,35,38,41,44,47,50,52-54,56,58-73H2,1-5H3/b10-8-,11-9-,16-14-,17-15-,22-20-,23-21-,28-26-,31-30-,34-33-,37-36-,40-39-,43-42-,46-45-,48-27-,51-49-,57-55-. The van der Waals surface area contributed by atoms with Gasteiger partial charge in [-0.05, 0) is 141 Å². The number of carbonyl (C=O) groups excluding carboxylic acids is 2. The molecule has 0 spiro atoms. The Morgan fingerprint density at radius 2 is 0.628 bits per heavy atom. The number of unbranched alkanes of at least 4 members (excludes halogenated alkanes) is 12. The van der Waals surface area contributed by atoms with Crippen LogP contribution in [0.25, 0.3) is 0 Å². The Labute approximate surface area is 526 Å². The molecule has 482 valence electrons. The first-order valence-corrected chi connectivity index (χ1v) is 34.6. The Kier molecular flexibility index (Phi) is 60.5. The molecule has 9 nitrogen and oxygen atoms in total. The van der Waals surface area contributed by atoms with Crippen LogP contribution in [0.3, 0.4) is 0 Å². The number of nitrogens with zero attached hydrogens (tertiary/aromatic N) is 1. The van der Waals surface area contributed by atoms with Crippen LogP contribution in [0.4, 0.5) is 0 Å². The molecule has 0 amide bonds. The van der Waals surface area contributed by atoms with Gasteiger partial charge in [0.15, 0.2) is 6.10 Å². The second kappa shape index (κ2) is 64.3. The van der Waals surface area contributed by atoms with Crippen LogP contribution >= 0.6 is 7.82 Å². The highest BCUT2D eigenvalue weighted by atomic mass is 31.2. The lowest BCUT2D eigenvalue weighted by molar-refractivity contribution is -0.870. The Morgan fingerprint density at radius 1 is 0.360 bits per heavy atom. The smallest absolute Gasteiger partial charge is 0.306 e. The Morgan fingerprint density at radius 3 is 0.930 bits per heavy atom. The maximum Gasteiger partial charge on any atom is 0.306 e. The van der Waals surface area contributed by atoms with Crippen LogP contribution < -0.4 is 4.89 Å². The minimum absolute atomic E-state index is 0.0486. The summed E-state index contributed by atoms with van der Waals surface area (Å²) in [5.41, 5.74) is 0. The van der Waals surface area contributed by atoms with E-state index >= 15 is 0 Å². The molecular weight excluding hydrogens is 1090 g/mol. The molecule has 0 radical (unpaired) electrons. The number of ether oxygens (including phenoxy) is 2. The number of carbonyl (C=O) groups is 2. The maximum absolute atomic E-state index is 12.8. The SMILES string of the molecule is CC/C=C\C/C=C\C/C=C\C/C=C\C/C=C\C/C=C\C/C=C\C/C=C\C/C=C\C/C=C\C/C=C\C/C=C\CCCCCCC(=O)OC(COC(=O)CCCCCCCCCC/C=C\C/C=C\C/C=C\C/C=C\CC)COP(=O)([O-])OCC[N+](C)(C)C. The highest BCUT2D eigenvalue weighted by Crippen LogP contribution is 2.38. The Bertz CT molecular complexity index is 2150. The summed E-state index contributed by atoms with van der Waals surface area (Å²) in [5.74, 6) is -0.887. The van der Waals surface area contributed by atoms with Crippen LogP contribution in [-0.2, 0) is 32.7 Å². The molecule has 0 fully saturated rings. The molecule has 0 saturated carbocycles. The molecule has 0 saturated heterocycles. The minimum atomic E-state index is -4.66. The van der Waals surface area contributed by atoms with Crippen LogP contribution in [0.2, 0.25) is 0 Å². The van der Waals surface area contributed by atoms with E-state index in [9.17, 15) is 19.0 Å². The number of phosphoric acid groups is 1. The molecule has 0 aromatic rings. The topological polar surface area (TPSA) is 111 Å². The third kappa shape index (κ3) is 68.0. The molecule has 0 aliphatic heterocycles. The summed E-state index contributed by atoms with van der Waals surface area (Å²) in [5, 5.41) is 0. The number of hydrogen-bond acceptors (Lipinski definition) is 8. The van der Waals surface area contributed by atoms with Crippen LogP contribution in [0, 0.1) is 0 Å². The fraction of sp³-hybridized carbons (Fsp3) is 0.553. The average Bonchev–Trinajstić information content (AvgIpc) is 3.70. The third-order valence-corrected chi connectivity index (χ3v) is 14.1. The van der Waals surface area contributed by atoms with E-state index in [0.717, 1.165) is 154 Å². The quantitative estimate of drug-likeness (QED) is 0.0195. The van der Waals surface area contributed by atoms with Gasteiger partial charge < -0.3 is 27.9 Å². The highest BCUT2D eigenvalue weighted by molar-refractivity contribution is 7.45. The molecule has 0 N–H and O–H groups in total. The lowest BCUT2D eigenvalue weighted by Crippen LogP contribution is -2.37. The zero-order chi connectivity index (χ0) is 62.6. The minimum Gasteiger partial charge on any atom is -0.756 e. The van der Waals surface area contributed by atoms with Crippen molar-refractivity contribution in [2.45, 2.75) is 225 Å². The van der Waals surface area contributed by atoms with Gasteiger partial charge in [-0.2, -0.15) is 0 Å². The summed E-state index contributed by atoms with van der Waals surface area (Å²) in [4.78, 5) is 38.0. The van der Waals surface area contributed by atoms with Crippen molar-refractivity contribution in [2.75, 3.05) is 47.5 Å². The lowest BCUT2D eigenvalue weighted by atomic mass is 10.1. The molecule has 0 aromatic heterocycles. The van der Waals surface area contributed by atoms with Gasteiger partial charge in [0, 0.05) is 12.8 Å². The molecule has 2 unspecified atom stereocenters. The Balaban J connectivity index is 4.22. The number of quaternary nitrogens is 1. The first-order valence-electron chi connectivity index (χ1n) is 33.1. The van der Waals surface area contributed by atoms with Crippen molar-refractivity contribution >= 4 is 19.8 Å². The van der Waals surface area contributed by atoms with E-state index in [-0.39, 0.29) is 26.1 Å². The fourth-order valence-electron chi connectivity index (χ4n) is 8.10. The monoisotopic (exact) mass is 1210 g/mol. The van der Waals surface area contributed by atoms with Crippen LogP contribution in [0.1, 0.15) is 219 Å². The first-order chi connectivity index (χ1) is 42.0. The summed E-state index contributed by atoms with van der Waals surface area (Å²) in [6, 6.07) is 0. The zero-order valence-corrected chi connectivity index (χ0v) is 55.6. The van der Waals surface area contributed by atoms with Crippen molar-refractivity contribution in [3.63, 3.8) is 0 Å². The second-order valence-electron chi connectivity index (χ2n) is 22.4.